The Hall–Kier alpha value is -0.940. The number of hydrogen-bond acceptors (Lipinski definition) is 3. The van der Waals surface area contributed by atoms with Crippen molar-refractivity contribution >= 4 is 10.8 Å². The van der Waals surface area contributed by atoms with E-state index in [1.165, 1.54) is 13.2 Å². The Morgan fingerprint density at radius 2 is 2.00 bits per heavy atom. The molecular weight excluding hydrogens is 279 g/mol. The summed E-state index contributed by atoms with van der Waals surface area (Å²) >= 11 is 0. The van der Waals surface area contributed by atoms with Crippen molar-refractivity contribution in [2.45, 2.75) is 48.2 Å². The fraction of sp³-hybridized carbons (Fsp3) is 0.600. The number of ether oxygens (including phenoxy) is 1. The van der Waals surface area contributed by atoms with Gasteiger partial charge >= 0.3 is 0 Å². The van der Waals surface area contributed by atoms with Crippen LogP contribution >= 0.6 is 0 Å². The molecule has 2 atom stereocenters. The van der Waals surface area contributed by atoms with Gasteiger partial charge in [0.15, 0.2) is 11.6 Å². The van der Waals surface area contributed by atoms with Crippen LogP contribution in [0, 0.1) is 5.82 Å². The van der Waals surface area contributed by atoms with E-state index in [0.29, 0.717) is 18.4 Å². The SMILES string of the molecule is COc1ccc(C2(O)CC3CCCC(C2)S3=O)cc1F. The zero-order valence-corrected chi connectivity index (χ0v) is 12.3. The minimum atomic E-state index is -1.06. The van der Waals surface area contributed by atoms with E-state index in [1.54, 1.807) is 12.1 Å². The molecule has 0 amide bonds. The molecule has 1 aromatic carbocycles. The van der Waals surface area contributed by atoms with Gasteiger partial charge in [-0.25, -0.2) is 4.39 Å². The Morgan fingerprint density at radius 1 is 1.35 bits per heavy atom. The Bertz CT molecular complexity index is 530. The van der Waals surface area contributed by atoms with Crippen LogP contribution in [0.2, 0.25) is 0 Å². The van der Waals surface area contributed by atoms with Gasteiger partial charge < -0.3 is 9.84 Å². The van der Waals surface area contributed by atoms with Gasteiger partial charge in [0.05, 0.1) is 12.7 Å². The Kier molecular flexibility index (Phi) is 3.58. The minimum absolute atomic E-state index is 0.0395. The highest BCUT2D eigenvalue weighted by atomic mass is 32.2. The highest BCUT2D eigenvalue weighted by molar-refractivity contribution is 7.86. The minimum Gasteiger partial charge on any atom is -0.494 e. The molecule has 1 N–H and O–H groups in total. The highest BCUT2D eigenvalue weighted by Gasteiger charge is 2.46. The molecule has 2 aliphatic heterocycles. The molecule has 2 aliphatic rings. The van der Waals surface area contributed by atoms with E-state index in [4.69, 9.17) is 4.74 Å². The first kappa shape index (κ1) is 14.0. The van der Waals surface area contributed by atoms with Crippen LogP contribution in [-0.2, 0) is 16.4 Å². The second-order valence-electron chi connectivity index (χ2n) is 5.79. The van der Waals surface area contributed by atoms with Crippen molar-refractivity contribution in [1.29, 1.82) is 0 Å². The van der Waals surface area contributed by atoms with E-state index in [0.717, 1.165) is 19.3 Å². The predicted octanol–water partition coefficient (Wildman–Crippen LogP) is 2.49. The largest absolute Gasteiger partial charge is 0.494 e. The fourth-order valence-corrected chi connectivity index (χ4v) is 5.70. The first-order valence-corrected chi connectivity index (χ1v) is 8.27. The summed E-state index contributed by atoms with van der Waals surface area (Å²) in [5, 5.41) is 11.0. The number of fused-ring (bicyclic) bond motifs is 2. The zero-order chi connectivity index (χ0) is 14.3. The molecule has 0 saturated carbocycles. The molecule has 1 aromatic rings. The van der Waals surface area contributed by atoms with Gasteiger partial charge in [0.25, 0.3) is 0 Å². The van der Waals surface area contributed by atoms with Gasteiger partial charge in [-0.3, -0.25) is 4.21 Å². The molecule has 2 heterocycles. The van der Waals surface area contributed by atoms with Crippen LogP contribution in [0.1, 0.15) is 37.7 Å². The van der Waals surface area contributed by atoms with Gasteiger partial charge in [-0.05, 0) is 43.4 Å². The van der Waals surface area contributed by atoms with Crippen LogP contribution in [0.25, 0.3) is 0 Å². The summed E-state index contributed by atoms with van der Waals surface area (Å²) in [5.41, 5.74) is -0.485. The van der Waals surface area contributed by atoms with E-state index >= 15 is 0 Å². The van der Waals surface area contributed by atoms with Crippen molar-refractivity contribution in [2.75, 3.05) is 7.11 Å². The lowest BCUT2D eigenvalue weighted by atomic mass is 9.80. The lowest BCUT2D eigenvalue weighted by Gasteiger charge is -2.43. The maximum atomic E-state index is 13.8. The zero-order valence-electron chi connectivity index (χ0n) is 11.5. The quantitative estimate of drug-likeness (QED) is 0.912. The summed E-state index contributed by atoms with van der Waals surface area (Å²) in [4.78, 5) is 0. The Morgan fingerprint density at radius 3 is 2.55 bits per heavy atom. The molecular formula is C15H19FO3S. The van der Waals surface area contributed by atoms with Crippen LogP contribution in [0.4, 0.5) is 4.39 Å². The summed E-state index contributed by atoms with van der Waals surface area (Å²) in [5.74, 6) is -0.285. The van der Waals surface area contributed by atoms with E-state index in [1.807, 2.05) is 0 Å². The van der Waals surface area contributed by atoms with Crippen LogP contribution in [0.5, 0.6) is 5.75 Å². The third-order valence-corrected chi connectivity index (χ3v) is 6.65. The van der Waals surface area contributed by atoms with Gasteiger partial charge in [0.1, 0.15) is 0 Å². The fourth-order valence-electron chi connectivity index (χ4n) is 3.47. The van der Waals surface area contributed by atoms with Gasteiger partial charge in [-0.15, -0.1) is 0 Å². The first-order chi connectivity index (χ1) is 9.53. The van der Waals surface area contributed by atoms with Gasteiger partial charge in [-0.1, -0.05) is 12.5 Å². The number of halogens is 1. The van der Waals surface area contributed by atoms with Crippen LogP contribution in [0.15, 0.2) is 18.2 Å². The van der Waals surface area contributed by atoms with Crippen molar-refractivity contribution < 1.29 is 18.4 Å². The van der Waals surface area contributed by atoms with Crippen molar-refractivity contribution in [3.63, 3.8) is 0 Å². The van der Waals surface area contributed by atoms with Crippen molar-refractivity contribution in [1.82, 2.24) is 0 Å². The number of hydrogen-bond donors (Lipinski definition) is 1. The number of aliphatic hydroxyl groups is 1. The van der Waals surface area contributed by atoms with Gasteiger partial charge in [0, 0.05) is 21.3 Å². The summed E-state index contributed by atoms with van der Waals surface area (Å²) in [6, 6.07) is 4.61. The molecule has 0 aliphatic carbocycles. The van der Waals surface area contributed by atoms with E-state index in [9.17, 15) is 13.7 Å². The van der Waals surface area contributed by atoms with E-state index in [-0.39, 0.29) is 16.2 Å². The van der Waals surface area contributed by atoms with E-state index in [2.05, 4.69) is 0 Å². The second-order valence-corrected chi connectivity index (χ2v) is 7.78. The lowest BCUT2D eigenvalue weighted by Crippen LogP contribution is -2.47. The van der Waals surface area contributed by atoms with Crippen molar-refractivity contribution in [2.24, 2.45) is 0 Å². The average molecular weight is 298 g/mol. The molecule has 0 spiro atoms. The molecule has 20 heavy (non-hydrogen) atoms. The van der Waals surface area contributed by atoms with Crippen LogP contribution < -0.4 is 4.74 Å². The number of benzene rings is 1. The maximum absolute atomic E-state index is 13.8. The molecule has 2 unspecified atom stereocenters. The molecule has 5 heteroatoms. The molecule has 2 bridgehead atoms. The van der Waals surface area contributed by atoms with Crippen LogP contribution in [-0.4, -0.2) is 26.9 Å². The smallest absolute Gasteiger partial charge is 0.165 e. The summed E-state index contributed by atoms with van der Waals surface area (Å²) in [6.45, 7) is 0. The van der Waals surface area contributed by atoms with Crippen molar-refractivity contribution in [3.8, 4) is 5.75 Å². The summed E-state index contributed by atoms with van der Waals surface area (Å²) in [6.07, 6.45) is 3.78. The molecule has 2 fully saturated rings. The average Bonchev–Trinajstić information content (AvgIpc) is 2.41. The Labute approximate surface area is 120 Å². The first-order valence-electron chi connectivity index (χ1n) is 6.99. The maximum Gasteiger partial charge on any atom is 0.165 e. The molecule has 0 aromatic heterocycles. The monoisotopic (exact) mass is 298 g/mol. The Balaban J connectivity index is 1.93. The van der Waals surface area contributed by atoms with Crippen molar-refractivity contribution in [3.05, 3.63) is 29.6 Å². The molecule has 110 valence electrons. The number of rotatable bonds is 2. The third kappa shape index (κ3) is 2.27. The summed E-state index contributed by atoms with van der Waals surface area (Å²) < 4.78 is 31.0. The number of methoxy groups -OCH3 is 1. The lowest BCUT2D eigenvalue weighted by molar-refractivity contribution is 0.00622. The molecule has 3 rings (SSSR count). The van der Waals surface area contributed by atoms with E-state index < -0.39 is 22.2 Å². The molecule has 3 nitrogen and oxygen atoms in total. The second kappa shape index (κ2) is 5.11. The van der Waals surface area contributed by atoms with Crippen LogP contribution in [0.3, 0.4) is 0 Å². The predicted molar refractivity (Wildman–Crippen MR) is 75.7 cm³/mol. The topological polar surface area (TPSA) is 46.5 Å². The molecule has 0 radical (unpaired) electrons. The third-order valence-electron chi connectivity index (χ3n) is 4.53. The standard InChI is InChI=1S/C15H19FO3S/c1-19-14-6-5-10(7-13(14)16)15(17)8-11-3-2-4-12(9-15)20(11)18/h5-7,11-12,17H,2-4,8-9H2,1H3. The highest BCUT2D eigenvalue weighted by Crippen LogP contribution is 2.44. The normalized spacial score (nSPS) is 36.6. The summed E-state index contributed by atoms with van der Waals surface area (Å²) in [7, 11) is 0.571. The molecule has 2 saturated heterocycles. The van der Waals surface area contributed by atoms with Gasteiger partial charge in [-0.2, -0.15) is 0 Å². The van der Waals surface area contributed by atoms with Gasteiger partial charge in [0.2, 0.25) is 0 Å².